The van der Waals surface area contributed by atoms with E-state index in [1.165, 1.54) is 5.56 Å². The van der Waals surface area contributed by atoms with Crippen LogP contribution in [0.2, 0.25) is 5.02 Å². The number of halogens is 2. The van der Waals surface area contributed by atoms with Crippen molar-refractivity contribution >= 4 is 27.5 Å². The van der Waals surface area contributed by atoms with Crippen LogP contribution in [0.15, 0.2) is 46.9 Å². The molecule has 2 aromatic rings. The maximum absolute atomic E-state index is 10.3. The smallest absolute Gasteiger partial charge is 0.0841 e. The second-order valence-electron chi connectivity index (χ2n) is 4.37. The molecule has 0 fully saturated rings. The van der Waals surface area contributed by atoms with E-state index >= 15 is 0 Å². The maximum atomic E-state index is 10.3. The fourth-order valence-corrected chi connectivity index (χ4v) is 2.52. The van der Waals surface area contributed by atoms with Gasteiger partial charge in [0.15, 0.2) is 0 Å². The van der Waals surface area contributed by atoms with Crippen LogP contribution in [0, 0.1) is 6.92 Å². The van der Waals surface area contributed by atoms with E-state index < -0.39 is 6.10 Å². The topological polar surface area (TPSA) is 20.2 Å². The molecular formula is C15H14BrClO. The number of aliphatic hydroxyl groups excluding tert-OH is 1. The van der Waals surface area contributed by atoms with E-state index in [0.717, 1.165) is 15.6 Å². The third-order valence-corrected chi connectivity index (χ3v) is 3.82. The second-order valence-corrected chi connectivity index (χ2v) is 5.66. The van der Waals surface area contributed by atoms with Gasteiger partial charge in [0.05, 0.1) is 6.10 Å². The van der Waals surface area contributed by atoms with Gasteiger partial charge in [-0.15, -0.1) is 0 Å². The number of rotatable bonds is 3. The summed E-state index contributed by atoms with van der Waals surface area (Å²) in [4.78, 5) is 0. The van der Waals surface area contributed by atoms with Crippen molar-refractivity contribution in [2.24, 2.45) is 0 Å². The van der Waals surface area contributed by atoms with Gasteiger partial charge in [-0.3, -0.25) is 0 Å². The van der Waals surface area contributed by atoms with Crippen LogP contribution in [0.1, 0.15) is 22.8 Å². The van der Waals surface area contributed by atoms with Crippen molar-refractivity contribution in [1.29, 1.82) is 0 Å². The summed E-state index contributed by atoms with van der Waals surface area (Å²) >= 11 is 9.39. The summed E-state index contributed by atoms with van der Waals surface area (Å²) in [5, 5.41) is 10.9. The SMILES string of the molecule is Cc1ccc(CC(O)c2cc(Cl)ccc2Br)cc1. The fourth-order valence-electron chi connectivity index (χ4n) is 1.83. The Bertz CT molecular complexity index is 537. The van der Waals surface area contributed by atoms with E-state index in [2.05, 4.69) is 28.1 Å². The standard InChI is InChI=1S/C15H14BrClO/c1-10-2-4-11(5-3-10)8-15(18)13-9-12(17)6-7-14(13)16/h2-7,9,15,18H,8H2,1H3. The molecule has 0 amide bonds. The zero-order valence-electron chi connectivity index (χ0n) is 10.0. The lowest BCUT2D eigenvalue weighted by Crippen LogP contribution is -2.02. The molecule has 0 aromatic heterocycles. The third kappa shape index (κ3) is 3.35. The zero-order valence-corrected chi connectivity index (χ0v) is 12.4. The van der Waals surface area contributed by atoms with Crippen LogP contribution >= 0.6 is 27.5 Å². The summed E-state index contributed by atoms with van der Waals surface area (Å²) in [6.45, 7) is 2.05. The fraction of sp³-hybridized carbons (Fsp3) is 0.200. The number of hydrogen-bond acceptors (Lipinski definition) is 1. The molecule has 0 saturated carbocycles. The van der Waals surface area contributed by atoms with Gasteiger partial charge in [0.1, 0.15) is 0 Å². The molecule has 1 N–H and O–H groups in total. The van der Waals surface area contributed by atoms with Gasteiger partial charge in [0.25, 0.3) is 0 Å². The molecule has 0 aliphatic carbocycles. The molecule has 0 aliphatic heterocycles. The van der Waals surface area contributed by atoms with E-state index in [9.17, 15) is 5.11 Å². The van der Waals surface area contributed by atoms with Gasteiger partial charge in [-0.2, -0.15) is 0 Å². The Morgan fingerprint density at radius 3 is 2.50 bits per heavy atom. The van der Waals surface area contributed by atoms with Gasteiger partial charge in [-0.1, -0.05) is 57.4 Å². The monoisotopic (exact) mass is 324 g/mol. The summed E-state index contributed by atoms with van der Waals surface area (Å²) in [7, 11) is 0. The summed E-state index contributed by atoms with van der Waals surface area (Å²) < 4.78 is 0.881. The average Bonchev–Trinajstić information content (AvgIpc) is 2.35. The number of hydrogen-bond donors (Lipinski definition) is 1. The number of aryl methyl sites for hydroxylation is 1. The highest BCUT2D eigenvalue weighted by molar-refractivity contribution is 9.10. The summed E-state index contributed by atoms with van der Waals surface area (Å²) in [5.41, 5.74) is 3.15. The Balaban J connectivity index is 2.18. The highest BCUT2D eigenvalue weighted by Crippen LogP contribution is 2.28. The van der Waals surface area contributed by atoms with Crippen LogP contribution in [0.3, 0.4) is 0 Å². The lowest BCUT2D eigenvalue weighted by Gasteiger charge is -2.13. The summed E-state index contributed by atoms with van der Waals surface area (Å²) in [6.07, 6.45) is 0.0277. The van der Waals surface area contributed by atoms with E-state index in [1.807, 2.05) is 25.1 Å². The molecule has 1 nitrogen and oxygen atoms in total. The van der Waals surface area contributed by atoms with E-state index in [0.29, 0.717) is 11.4 Å². The van der Waals surface area contributed by atoms with Crippen molar-refractivity contribution in [3.05, 3.63) is 68.7 Å². The molecule has 2 aromatic carbocycles. The van der Waals surface area contributed by atoms with Crippen LogP contribution in [-0.4, -0.2) is 5.11 Å². The molecule has 0 aliphatic rings. The van der Waals surface area contributed by atoms with Crippen LogP contribution < -0.4 is 0 Å². The Labute approximate surface area is 121 Å². The molecule has 18 heavy (non-hydrogen) atoms. The Morgan fingerprint density at radius 1 is 1.17 bits per heavy atom. The largest absolute Gasteiger partial charge is 0.388 e. The third-order valence-electron chi connectivity index (χ3n) is 2.87. The van der Waals surface area contributed by atoms with Crippen molar-refractivity contribution in [3.8, 4) is 0 Å². The van der Waals surface area contributed by atoms with Gasteiger partial charge in [-0.05, 0) is 36.2 Å². The highest BCUT2D eigenvalue weighted by atomic mass is 79.9. The molecule has 0 bridgehead atoms. The van der Waals surface area contributed by atoms with E-state index in [4.69, 9.17) is 11.6 Å². The molecule has 0 spiro atoms. The maximum Gasteiger partial charge on any atom is 0.0841 e. The molecule has 1 unspecified atom stereocenters. The number of aliphatic hydroxyl groups is 1. The van der Waals surface area contributed by atoms with Crippen molar-refractivity contribution in [3.63, 3.8) is 0 Å². The minimum absolute atomic E-state index is 0.555. The normalized spacial score (nSPS) is 12.4. The highest BCUT2D eigenvalue weighted by Gasteiger charge is 2.12. The molecular weight excluding hydrogens is 312 g/mol. The molecule has 3 heteroatoms. The first-order valence-corrected chi connectivity index (χ1v) is 6.92. The molecule has 1 atom stereocenters. The quantitative estimate of drug-likeness (QED) is 0.868. The minimum Gasteiger partial charge on any atom is -0.388 e. The first-order chi connectivity index (χ1) is 8.56. The van der Waals surface area contributed by atoms with Crippen molar-refractivity contribution in [2.75, 3.05) is 0 Å². The molecule has 0 heterocycles. The average molecular weight is 326 g/mol. The molecule has 0 saturated heterocycles. The minimum atomic E-state index is -0.555. The van der Waals surface area contributed by atoms with Crippen molar-refractivity contribution in [1.82, 2.24) is 0 Å². The Kier molecular flexibility index (Phi) is 4.44. The first kappa shape index (κ1) is 13.6. The summed E-state index contributed by atoms with van der Waals surface area (Å²) in [5.74, 6) is 0. The van der Waals surface area contributed by atoms with E-state index in [-0.39, 0.29) is 0 Å². The second kappa shape index (κ2) is 5.87. The van der Waals surface area contributed by atoms with Crippen molar-refractivity contribution in [2.45, 2.75) is 19.4 Å². The molecule has 0 radical (unpaired) electrons. The lowest BCUT2D eigenvalue weighted by atomic mass is 10.0. The summed E-state index contributed by atoms with van der Waals surface area (Å²) in [6, 6.07) is 13.6. The van der Waals surface area contributed by atoms with Crippen LogP contribution in [0.4, 0.5) is 0 Å². The van der Waals surface area contributed by atoms with E-state index in [1.54, 1.807) is 12.1 Å². The zero-order chi connectivity index (χ0) is 13.1. The van der Waals surface area contributed by atoms with Crippen LogP contribution in [0.25, 0.3) is 0 Å². The molecule has 2 rings (SSSR count). The van der Waals surface area contributed by atoms with Gasteiger partial charge in [0.2, 0.25) is 0 Å². The van der Waals surface area contributed by atoms with Gasteiger partial charge >= 0.3 is 0 Å². The van der Waals surface area contributed by atoms with Crippen LogP contribution in [-0.2, 0) is 6.42 Å². The van der Waals surface area contributed by atoms with Crippen LogP contribution in [0.5, 0.6) is 0 Å². The predicted molar refractivity (Wildman–Crippen MR) is 79.0 cm³/mol. The molecule has 94 valence electrons. The van der Waals surface area contributed by atoms with Crippen molar-refractivity contribution < 1.29 is 5.11 Å². The predicted octanol–water partition coefficient (Wildman–Crippen LogP) is 4.69. The van der Waals surface area contributed by atoms with Gasteiger partial charge < -0.3 is 5.11 Å². The lowest BCUT2D eigenvalue weighted by molar-refractivity contribution is 0.177. The Hall–Kier alpha value is -0.830. The number of benzene rings is 2. The van der Waals surface area contributed by atoms with Gasteiger partial charge in [-0.25, -0.2) is 0 Å². The first-order valence-electron chi connectivity index (χ1n) is 5.75. The van der Waals surface area contributed by atoms with Gasteiger partial charge in [0, 0.05) is 15.9 Å². The Morgan fingerprint density at radius 2 is 1.83 bits per heavy atom.